The minimum absolute atomic E-state index is 0.0217. The molecule has 1 aromatic rings. The molecule has 1 atom stereocenters. The van der Waals surface area contributed by atoms with Gasteiger partial charge in [0.05, 0.1) is 13.2 Å². The number of carbonyl (C=O) groups is 1. The highest BCUT2D eigenvalue weighted by Gasteiger charge is 2.35. The SMILES string of the molecule is COc1c(C(=O)O)cc(Cl)cc1S(=O)(=O)N1CCC(O)C1. The number of carboxylic acids is 1. The van der Waals surface area contributed by atoms with Crippen molar-refractivity contribution in [1.82, 2.24) is 4.31 Å². The van der Waals surface area contributed by atoms with Crippen molar-refractivity contribution in [2.75, 3.05) is 20.2 Å². The highest BCUT2D eigenvalue weighted by Crippen LogP contribution is 2.34. The molecular formula is C12H14ClNO6S. The van der Waals surface area contributed by atoms with E-state index >= 15 is 0 Å². The average molecular weight is 336 g/mol. The van der Waals surface area contributed by atoms with E-state index in [-0.39, 0.29) is 34.3 Å². The van der Waals surface area contributed by atoms with Gasteiger partial charge in [-0.25, -0.2) is 13.2 Å². The van der Waals surface area contributed by atoms with Crippen molar-refractivity contribution in [3.63, 3.8) is 0 Å². The molecule has 0 bridgehead atoms. The Labute approximate surface area is 126 Å². The van der Waals surface area contributed by atoms with Gasteiger partial charge in [-0.2, -0.15) is 4.31 Å². The number of aliphatic hydroxyl groups is 1. The third-order valence-electron chi connectivity index (χ3n) is 3.20. The van der Waals surface area contributed by atoms with Crippen molar-refractivity contribution < 1.29 is 28.2 Å². The molecule has 0 saturated carbocycles. The molecule has 0 radical (unpaired) electrons. The molecule has 0 spiro atoms. The van der Waals surface area contributed by atoms with Crippen molar-refractivity contribution >= 4 is 27.6 Å². The predicted octanol–water partition coefficient (Wildman–Crippen LogP) is 0.802. The van der Waals surface area contributed by atoms with Crippen LogP contribution in [0.15, 0.2) is 17.0 Å². The number of benzene rings is 1. The Balaban J connectivity index is 2.60. The average Bonchev–Trinajstić information content (AvgIpc) is 2.85. The summed E-state index contributed by atoms with van der Waals surface area (Å²) in [6.07, 6.45) is -0.405. The summed E-state index contributed by atoms with van der Waals surface area (Å²) < 4.78 is 31.2. The smallest absolute Gasteiger partial charge is 0.339 e. The Hall–Kier alpha value is -1.35. The molecule has 1 aliphatic rings. The molecule has 0 aliphatic carbocycles. The van der Waals surface area contributed by atoms with Crippen LogP contribution in [0.1, 0.15) is 16.8 Å². The molecule has 0 amide bonds. The maximum Gasteiger partial charge on any atom is 0.339 e. The second kappa shape index (κ2) is 5.80. The van der Waals surface area contributed by atoms with Gasteiger partial charge in [0.15, 0.2) is 5.75 Å². The first-order valence-corrected chi connectivity index (χ1v) is 7.88. The van der Waals surface area contributed by atoms with E-state index in [9.17, 15) is 18.3 Å². The van der Waals surface area contributed by atoms with Crippen LogP contribution >= 0.6 is 11.6 Å². The van der Waals surface area contributed by atoms with E-state index in [0.29, 0.717) is 6.42 Å². The lowest BCUT2D eigenvalue weighted by Gasteiger charge is -2.19. The third-order valence-corrected chi connectivity index (χ3v) is 5.29. The van der Waals surface area contributed by atoms with Crippen molar-refractivity contribution in [2.24, 2.45) is 0 Å². The lowest BCUT2D eigenvalue weighted by molar-refractivity contribution is 0.0692. The van der Waals surface area contributed by atoms with Crippen molar-refractivity contribution in [2.45, 2.75) is 17.4 Å². The number of halogens is 1. The Morgan fingerprint density at radius 3 is 2.62 bits per heavy atom. The summed E-state index contributed by atoms with van der Waals surface area (Å²) in [5, 5.41) is 18.6. The Kier molecular flexibility index (Phi) is 4.43. The molecule has 7 nitrogen and oxygen atoms in total. The quantitative estimate of drug-likeness (QED) is 0.843. The number of β-amino-alcohol motifs (C(OH)–C–C–N with tert-alkyl or cyclic N) is 1. The monoisotopic (exact) mass is 335 g/mol. The molecule has 21 heavy (non-hydrogen) atoms. The summed E-state index contributed by atoms with van der Waals surface area (Å²) >= 11 is 5.81. The van der Waals surface area contributed by atoms with Gasteiger partial charge >= 0.3 is 5.97 Å². The minimum atomic E-state index is -3.99. The number of hydrogen-bond donors (Lipinski definition) is 2. The van der Waals surface area contributed by atoms with Crippen LogP contribution in [0.4, 0.5) is 0 Å². The van der Waals surface area contributed by atoms with Crippen molar-refractivity contribution in [3.05, 3.63) is 22.7 Å². The number of ether oxygens (including phenoxy) is 1. The van der Waals surface area contributed by atoms with Gasteiger partial charge in [-0.1, -0.05) is 11.6 Å². The summed E-state index contributed by atoms with van der Waals surface area (Å²) in [5.74, 6) is -1.61. The van der Waals surface area contributed by atoms with Crippen molar-refractivity contribution in [3.8, 4) is 5.75 Å². The van der Waals surface area contributed by atoms with Gasteiger partial charge < -0.3 is 14.9 Å². The number of rotatable bonds is 4. The summed E-state index contributed by atoms with van der Waals surface area (Å²) in [6, 6.07) is 2.27. The van der Waals surface area contributed by atoms with Crippen LogP contribution in [0.2, 0.25) is 5.02 Å². The highest BCUT2D eigenvalue weighted by atomic mass is 35.5. The summed E-state index contributed by atoms with van der Waals surface area (Å²) in [5.41, 5.74) is -0.330. The van der Waals surface area contributed by atoms with E-state index in [4.69, 9.17) is 21.4 Å². The van der Waals surface area contributed by atoms with E-state index in [1.54, 1.807) is 0 Å². The minimum Gasteiger partial charge on any atom is -0.494 e. The van der Waals surface area contributed by atoms with Gasteiger partial charge in [0.1, 0.15) is 10.5 Å². The fourth-order valence-electron chi connectivity index (χ4n) is 2.20. The number of hydrogen-bond acceptors (Lipinski definition) is 5. The first kappa shape index (κ1) is 16.0. The van der Waals surface area contributed by atoms with Crippen LogP contribution in [-0.4, -0.2) is 55.2 Å². The molecule has 1 saturated heterocycles. The van der Waals surface area contributed by atoms with E-state index in [0.717, 1.165) is 16.4 Å². The van der Waals surface area contributed by atoms with Crippen molar-refractivity contribution in [1.29, 1.82) is 0 Å². The second-order valence-electron chi connectivity index (χ2n) is 4.60. The lowest BCUT2D eigenvalue weighted by atomic mass is 10.2. The van der Waals surface area contributed by atoms with Gasteiger partial charge in [-0.05, 0) is 18.6 Å². The van der Waals surface area contributed by atoms with Gasteiger partial charge in [-0.3, -0.25) is 0 Å². The molecule has 9 heteroatoms. The van der Waals surface area contributed by atoms with Crippen LogP contribution < -0.4 is 4.74 Å². The lowest BCUT2D eigenvalue weighted by Crippen LogP contribution is -2.30. The largest absolute Gasteiger partial charge is 0.494 e. The zero-order valence-corrected chi connectivity index (χ0v) is 12.7. The molecule has 1 aliphatic heterocycles. The number of carboxylic acid groups (broad SMARTS) is 1. The number of aromatic carboxylic acids is 1. The zero-order valence-electron chi connectivity index (χ0n) is 11.1. The molecule has 0 aromatic heterocycles. The predicted molar refractivity (Wildman–Crippen MR) is 74.3 cm³/mol. The molecule has 1 aromatic carbocycles. The first-order chi connectivity index (χ1) is 9.77. The van der Waals surface area contributed by atoms with Crippen LogP contribution in [0.25, 0.3) is 0 Å². The van der Waals surface area contributed by atoms with Gasteiger partial charge in [0.25, 0.3) is 0 Å². The number of aliphatic hydroxyl groups excluding tert-OH is 1. The molecule has 1 fully saturated rings. The Bertz CT molecular complexity index is 675. The van der Waals surface area contributed by atoms with E-state index in [2.05, 4.69) is 0 Å². The van der Waals surface area contributed by atoms with Crippen LogP contribution in [0.3, 0.4) is 0 Å². The molecule has 2 rings (SSSR count). The Morgan fingerprint density at radius 1 is 1.48 bits per heavy atom. The molecule has 2 N–H and O–H groups in total. The number of nitrogens with zero attached hydrogens (tertiary/aromatic N) is 1. The van der Waals surface area contributed by atoms with Crippen LogP contribution in [0, 0.1) is 0 Å². The highest BCUT2D eigenvalue weighted by molar-refractivity contribution is 7.89. The summed E-state index contributed by atoms with van der Waals surface area (Å²) in [4.78, 5) is 10.9. The maximum absolute atomic E-state index is 12.6. The number of methoxy groups -OCH3 is 1. The number of sulfonamides is 1. The Morgan fingerprint density at radius 2 is 2.14 bits per heavy atom. The van der Waals surface area contributed by atoms with Gasteiger partial charge in [0, 0.05) is 18.1 Å². The second-order valence-corrected chi connectivity index (χ2v) is 6.94. The maximum atomic E-state index is 12.6. The third kappa shape index (κ3) is 2.98. The van der Waals surface area contributed by atoms with Crippen LogP contribution in [-0.2, 0) is 10.0 Å². The standard InChI is InChI=1S/C12H14ClNO6S/c1-20-11-9(12(16)17)4-7(13)5-10(11)21(18,19)14-3-2-8(15)6-14/h4-5,8,15H,2-3,6H2,1H3,(H,16,17). The van der Waals surface area contributed by atoms with Gasteiger partial charge in [0.2, 0.25) is 10.0 Å². The zero-order chi connectivity index (χ0) is 15.8. The first-order valence-electron chi connectivity index (χ1n) is 6.06. The summed E-state index contributed by atoms with van der Waals surface area (Å²) in [6.45, 7) is 0.113. The van der Waals surface area contributed by atoms with E-state index in [1.807, 2.05) is 0 Å². The van der Waals surface area contributed by atoms with E-state index < -0.39 is 22.1 Å². The van der Waals surface area contributed by atoms with E-state index in [1.165, 1.54) is 7.11 Å². The molecule has 1 unspecified atom stereocenters. The van der Waals surface area contributed by atoms with Gasteiger partial charge in [-0.15, -0.1) is 0 Å². The molecular weight excluding hydrogens is 322 g/mol. The fraction of sp³-hybridized carbons (Fsp3) is 0.417. The van der Waals surface area contributed by atoms with Crippen LogP contribution in [0.5, 0.6) is 5.75 Å². The molecule has 116 valence electrons. The normalized spacial score (nSPS) is 19.7. The topological polar surface area (TPSA) is 104 Å². The fourth-order valence-corrected chi connectivity index (χ4v) is 4.18. The summed E-state index contributed by atoms with van der Waals surface area (Å²) in [7, 11) is -2.80. The molecule has 1 heterocycles.